The van der Waals surface area contributed by atoms with E-state index in [1.165, 1.54) is 11.6 Å². The van der Waals surface area contributed by atoms with Gasteiger partial charge in [0.25, 0.3) is 5.56 Å². The molecule has 9 heteroatoms. The Morgan fingerprint density at radius 2 is 1.92 bits per heavy atom. The predicted octanol–water partition coefficient (Wildman–Crippen LogP) is -0.745. The third kappa shape index (κ3) is 2.45. The molecular weight excluding hydrogens is 338 g/mol. The zero-order chi connectivity index (χ0) is 18.6. The molecule has 3 unspecified atom stereocenters. The third-order valence-corrected chi connectivity index (χ3v) is 5.85. The van der Waals surface area contributed by atoms with E-state index in [2.05, 4.69) is 9.88 Å². The van der Waals surface area contributed by atoms with Crippen LogP contribution in [-0.4, -0.2) is 61.2 Å². The number of ether oxygens (including phenoxy) is 1. The van der Waals surface area contributed by atoms with Crippen molar-refractivity contribution < 1.29 is 9.53 Å². The van der Waals surface area contributed by atoms with Crippen LogP contribution in [0, 0.1) is 0 Å². The number of methoxy groups -OCH3 is 1. The first-order chi connectivity index (χ1) is 12.4. The first kappa shape index (κ1) is 17.2. The van der Waals surface area contributed by atoms with Gasteiger partial charge < -0.3 is 9.30 Å². The molecular formula is C17H23N5O4. The number of carbonyl (C=O) groups is 1. The van der Waals surface area contributed by atoms with Gasteiger partial charge in [0.15, 0.2) is 11.2 Å². The molecule has 2 aromatic heterocycles. The Kier molecular flexibility index (Phi) is 4.07. The Bertz CT molecular complexity index is 987. The molecule has 0 N–H and O–H groups in total. The number of nitrogens with zero attached hydrogens (tertiary/aromatic N) is 5. The zero-order valence-corrected chi connectivity index (χ0v) is 15.2. The number of aromatic nitrogens is 4. The van der Waals surface area contributed by atoms with Crippen LogP contribution in [0.3, 0.4) is 0 Å². The number of imidazole rings is 1. The molecule has 2 fully saturated rings. The fourth-order valence-corrected chi connectivity index (χ4v) is 4.47. The summed E-state index contributed by atoms with van der Waals surface area (Å²) in [5, 5.41) is 0. The van der Waals surface area contributed by atoms with Crippen molar-refractivity contribution in [3.05, 3.63) is 27.2 Å². The van der Waals surface area contributed by atoms with Crippen molar-refractivity contribution in [1.29, 1.82) is 0 Å². The van der Waals surface area contributed by atoms with E-state index in [1.807, 2.05) is 0 Å². The molecule has 2 bridgehead atoms. The second-order valence-electron chi connectivity index (χ2n) is 7.23. The van der Waals surface area contributed by atoms with Gasteiger partial charge in [0.05, 0.1) is 12.4 Å². The minimum atomic E-state index is -0.386. The van der Waals surface area contributed by atoms with E-state index in [4.69, 9.17) is 4.74 Å². The molecule has 4 heterocycles. The average Bonchev–Trinajstić information content (AvgIpc) is 3.13. The Balaban J connectivity index is 1.62. The fraction of sp³-hybridized carbons (Fsp3) is 0.647. The highest BCUT2D eigenvalue weighted by Crippen LogP contribution is 2.35. The number of hydrogen-bond donors (Lipinski definition) is 0. The summed E-state index contributed by atoms with van der Waals surface area (Å²) in [6.07, 6.45) is 3.65. The molecule has 0 aromatic carbocycles. The number of ketones is 1. The molecule has 0 radical (unpaired) electrons. The van der Waals surface area contributed by atoms with Gasteiger partial charge in [-0.1, -0.05) is 0 Å². The monoisotopic (exact) mass is 361 g/mol. The van der Waals surface area contributed by atoms with Crippen molar-refractivity contribution in [2.75, 3.05) is 13.7 Å². The highest BCUT2D eigenvalue weighted by Gasteiger charge is 2.46. The van der Waals surface area contributed by atoms with E-state index in [9.17, 15) is 14.4 Å². The molecule has 0 aliphatic carbocycles. The van der Waals surface area contributed by atoms with Crippen LogP contribution in [0.2, 0.25) is 0 Å². The quantitative estimate of drug-likeness (QED) is 0.712. The molecule has 2 aliphatic rings. The summed E-state index contributed by atoms with van der Waals surface area (Å²) in [6, 6.07) is 0.307. The van der Waals surface area contributed by atoms with Crippen molar-refractivity contribution in [1.82, 2.24) is 23.6 Å². The molecule has 0 spiro atoms. The Morgan fingerprint density at radius 3 is 2.65 bits per heavy atom. The second kappa shape index (κ2) is 6.17. The van der Waals surface area contributed by atoms with Gasteiger partial charge in [-0.25, -0.2) is 9.78 Å². The van der Waals surface area contributed by atoms with Gasteiger partial charge in [0, 0.05) is 59.2 Å². The van der Waals surface area contributed by atoms with Crippen molar-refractivity contribution >= 4 is 16.9 Å². The number of rotatable bonds is 4. The van der Waals surface area contributed by atoms with Crippen LogP contribution >= 0.6 is 0 Å². The first-order valence-electron chi connectivity index (χ1n) is 8.83. The van der Waals surface area contributed by atoms with Gasteiger partial charge in [-0.15, -0.1) is 0 Å². The van der Waals surface area contributed by atoms with E-state index in [1.54, 1.807) is 25.1 Å². The molecule has 26 heavy (non-hydrogen) atoms. The summed E-state index contributed by atoms with van der Waals surface area (Å²) >= 11 is 0. The molecule has 9 nitrogen and oxygen atoms in total. The maximum atomic E-state index is 12.5. The Morgan fingerprint density at radius 1 is 1.15 bits per heavy atom. The number of fused-ring (bicyclic) bond motifs is 3. The first-order valence-corrected chi connectivity index (χ1v) is 8.83. The normalized spacial score (nSPS) is 26.1. The lowest BCUT2D eigenvalue weighted by atomic mass is 10.0. The topological polar surface area (TPSA) is 91.4 Å². The van der Waals surface area contributed by atoms with E-state index >= 15 is 0 Å². The average molecular weight is 361 g/mol. The van der Waals surface area contributed by atoms with Crippen molar-refractivity contribution in [2.45, 2.75) is 44.0 Å². The molecule has 2 saturated heterocycles. The lowest BCUT2D eigenvalue weighted by Gasteiger charge is -2.34. The highest BCUT2D eigenvalue weighted by atomic mass is 16.5. The third-order valence-electron chi connectivity index (χ3n) is 5.85. The number of piperidine rings is 1. The van der Waals surface area contributed by atoms with Gasteiger partial charge in [-0.2, -0.15) is 0 Å². The van der Waals surface area contributed by atoms with Crippen LogP contribution in [-0.2, 0) is 30.2 Å². The summed E-state index contributed by atoms with van der Waals surface area (Å²) in [4.78, 5) is 43.1. The number of carbonyl (C=O) groups excluding carboxylic acids is 1. The number of hydrogen-bond acceptors (Lipinski definition) is 6. The van der Waals surface area contributed by atoms with Crippen molar-refractivity contribution in [3.63, 3.8) is 0 Å². The van der Waals surface area contributed by atoms with E-state index in [0.29, 0.717) is 42.9 Å². The fourth-order valence-electron chi connectivity index (χ4n) is 4.47. The molecule has 2 aromatic rings. The molecule has 0 amide bonds. The van der Waals surface area contributed by atoms with E-state index in [0.717, 1.165) is 11.0 Å². The maximum Gasteiger partial charge on any atom is 0.332 e. The van der Waals surface area contributed by atoms with Gasteiger partial charge in [-0.3, -0.25) is 23.6 Å². The zero-order valence-electron chi connectivity index (χ0n) is 15.2. The highest BCUT2D eigenvalue weighted by molar-refractivity contribution is 5.81. The van der Waals surface area contributed by atoms with Gasteiger partial charge in [0.1, 0.15) is 5.78 Å². The molecule has 2 aliphatic heterocycles. The number of aryl methyl sites for hydroxylation is 1. The van der Waals surface area contributed by atoms with Crippen LogP contribution in [0.1, 0.15) is 19.3 Å². The van der Waals surface area contributed by atoms with E-state index in [-0.39, 0.29) is 29.4 Å². The summed E-state index contributed by atoms with van der Waals surface area (Å²) in [5.41, 5.74) is 0.0958. The van der Waals surface area contributed by atoms with Crippen molar-refractivity contribution in [2.24, 2.45) is 14.1 Å². The van der Waals surface area contributed by atoms with Crippen LogP contribution in [0.4, 0.5) is 0 Å². The van der Waals surface area contributed by atoms with Crippen LogP contribution < -0.4 is 11.2 Å². The summed E-state index contributed by atoms with van der Waals surface area (Å²) in [6.45, 7) is 1.28. The molecule has 3 atom stereocenters. The number of Topliss-reactive ketones (excluding diaryl/α,β-unsaturated/α-hetero) is 1. The lowest BCUT2D eigenvalue weighted by Crippen LogP contribution is -2.46. The molecule has 4 rings (SSSR count). The lowest BCUT2D eigenvalue weighted by molar-refractivity contribution is -0.124. The van der Waals surface area contributed by atoms with E-state index < -0.39 is 0 Å². The van der Waals surface area contributed by atoms with Gasteiger partial charge >= 0.3 is 5.69 Å². The maximum absolute atomic E-state index is 12.5. The predicted molar refractivity (Wildman–Crippen MR) is 94.2 cm³/mol. The largest absolute Gasteiger partial charge is 0.380 e. The summed E-state index contributed by atoms with van der Waals surface area (Å²) in [5.74, 6) is 0.299. The Labute approximate surface area is 149 Å². The SMILES string of the molecule is COC1CC2CC(=O)CC1N2CCn1cnc2c1c(=O)n(C)c(=O)n2C. The minimum Gasteiger partial charge on any atom is -0.380 e. The summed E-state index contributed by atoms with van der Waals surface area (Å²) < 4.78 is 9.86. The van der Waals surface area contributed by atoms with Crippen LogP contribution in [0.25, 0.3) is 11.2 Å². The van der Waals surface area contributed by atoms with Gasteiger partial charge in [0.2, 0.25) is 0 Å². The van der Waals surface area contributed by atoms with Crippen LogP contribution in [0.15, 0.2) is 15.9 Å². The Hall–Kier alpha value is -2.26. The van der Waals surface area contributed by atoms with Gasteiger partial charge in [-0.05, 0) is 6.42 Å². The molecule has 0 saturated carbocycles. The smallest absolute Gasteiger partial charge is 0.332 e. The minimum absolute atomic E-state index is 0.0830. The summed E-state index contributed by atoms with van der Waals surface area (Å²) in [7, 11) is 4.78. The van der Waals surface area contributed by atoms with Crippen LogP contribution in [0.5, 0.6) is 0 Å². The molecule has 140 valence electrons. The standard InChI is InChI=1S/C17H23N5O4/c1-19-15-14(16(24)20(2)17(19)25)21(9-18-15)4-5-22-10-6-11(23)8-12(22)13(7-10)26-3/h9-10,12-13H,4-8H2,1-3H3. The van der Waals surface area contributed by atoms with Crippen molar-refractivity contribution in [3.8, 4) is 0 Å². The second-order valence-corrected chi connectivity index (χ2v) is 7.23.